The Morgan fingerprint density at radius 1 is 0.882 bits per heavy atom. The number of carbonyl (C=O) groups is 1. The summed E-state index contributed by atoms with van der Waals surface area (Å²) in [5, 5.41) is 0. The molecule has 98 valence electrons. The van der Waals surface area contributed by atoms with Crippen molar-refractivity contribution in [3.05, 3.63) is 0 Å². The van der Waals surface area contributed by atoms with Gasteiger partial charge in [-0.1, -0.05) is 19.3 Å². The first-order valence-corrected chi connectivity index (χ1v) is 7.02. The van der Waals surface area contributed by atoms with Crippen LogP contribution in [0.5, 0.6) is 0 Å². The molecule has 0 bridgehead atoms. The lowest BCUT2D eigenvalue weighted by molar-refractivity contribution is 0.108. The van der Waals surface area contributed by atoms with E-state index in [1.807, 2.05) is 4.90 Å². The van der Waals surface area contributed by atoms with Crippen molar-refractivity contribution in [1.82, 2.24) is 4.90 Å². The van der Waals surface area contributed by atoms with E-state index in [0.29, 0.717) is 18.1 Å². The molecule has 4 N–H and O–H groups in total. The van der Waals surface area contributed by atoms with Gasteiger partial charge in [-0.15, -0.1) is 0 Å². The van der Waals surface area contributed by atoms with Gasteiger partial charge >= 0.3 is 6.03 Å². The number of amides is 2. The molecule has 2 aliphatic carbocycles. The van der Waals surface area contributed by atoms with Crippen molar-refractivity contribution in [2.24, 2.45) is 11.5 Å². The van der Waals surface area contributed by atoms with Crippen molar-refractivity contribution in [1.29, 1.82) is 0 Å². The van der Waals surface area contributed by atoms with Crippen LogP contribution in [0.2, 0.25) is 0 Å². The molecule has 0 aromatic heterocycles. The Hall–Kier alpha value is -0.770. The SMILES string of the molecule is NC(=O)N(C1CCCCC1)C1CCC(N)CC1. The van der Waals surface area contributed by atoms with Crippen LogP contribution in [0.25, 0.3) is 0 Å². The Kier molecular flexibility index (Phi) is 4.26. The molecule has 0 unspecified atom stereocenters. The van der Waals surface area contributed by atoms with Gasteiger partial charge in [-0.2, -0.15) is 0 Å². The van der Waals surface area contributed by atoms with Crippen molar-refractivity contribution >= 4 is 6.03 Å². The normalized spacial score (nSPS) is 31.1. The van der Waals surface area contributed by atoms with Crippen LogP contribution >= 0.6 is 0 Å². The van der Waals surface area contributed by atoms with E-state index in [1.165, 1.54) is 19.3 Å². The Labute approximate surface area is 104 Å². The maximum atomic E-state index is 11.7. The topological polar surface area (TPSA) is 72.4 Å². The molecule has 0 aromatic rings. The Morgan fingerprint density at radius 2 is 1.41 bits per heavy atom. The molecule has 2 aliphatic rings. The number of hydrogen-bond donors (Lipinski definition) is 2. The van der Waals surface area contributed by atoms with Crippen LogP contribution < -0.4 is 11.5 Å². The highest BCUT2D eigenvalue weighted by Crippen LogP contribution is 2.29. The van der Waals surface area contributed by atoms with Gasteiger partial charge < -0.3 is 16.4 Å². The third-order valence-corrected chi connectivity index (χ3v) is 4.36. The van der Waals surface area contributed by atoms with Crippen molar-refractivity contribution in [2.45, 2.75) is 75.9 Å². The molecule has 2 saturated carbocycles. The van der Waals surface area contributed by atoms with E-state index in [4.69, 9.17) is 11.5 Å². The van der Waals surface area contributed by atoms with Crippen molar-refractivity contribution in [2.75, 3.05) is 0 Å². The molecule has 2 amide bonds. The lowest BCUT2D eigenvalue weighted by Crippen LogP contribution is -2.52. The van der Waals surface area contributed by atoms with E-state index in [9.17, 15) is 4.79 Å². The zero-order chi connectivity index (χ0) is 12.3. The summed E-state index contributed by atoms with van der Waals surface area (Å²) in [7, 11) is 0. The third-order valence-electron chi connectivity index (χ3n) is 4.36. The first kappa shape index (κ1) is 12.7. The van der Waals surface area contributed by atoms with Gasteiger partial charge in [0.2, 0.25) is 0 Å². The maximum Gasteiger partial charge on any atom is 0.315 e. The van der Waals surface area contributed by atoms with Gasteiger partial charge in [0.1, 0.15) is 0 Å². The molecule has 0 saturated heterocycles. The molecule has 0 aliphatic heterocycles. The number of nitrogens with zero attached hydrogens (tertiary/aromatic N) is 1. The summed E-state index contributed by atoms with van der Waals surface area (Å²) in [6, 6.07) is 0.834. The molecular weight excluding hydrogens is 214 g/mol. The van der Waals surface area contributed by atoms with Gasteiger partial charge in [-0.3, -0.25) is 0 Å². The molecular formula is C13H25N3O. The minimum absolute atomic E-state index is 0.225. The number of rotatable bonds is 2. The zero-order valence-corrected chi connectivity index (χ0v) is 10.6. The predicted octanol–water partition coefficient (Wildman–Crippen LogP) is 1.97. The second-order valence-electron chi connectivity index (χ2n) is 5.61. The first-order chi connectivity index (χ1) is 8.18. The van der Waals surface area contributed by atoms with E-state index in [2.05, 4.69) is 0 Å². The molecule has 4 heteroatoms. The molecule has 0 radical (unpaired) electrons. The third kappa shape index (κ3) is 3.12. The van der Waals surface area contributed by atoms with Crippen LogP contribution in [0.1, 0.15) is 57.8 Å². The van der Waals surface area contributed by atoms with Crippen molar-refractivity contribution in [3.63, 3.8) is 0 Å². The number of hydrogen-bond acceptors (Lipinski definition) is 2. The Morgan fingerprint density at radius 3 is 1.94 bits per heavy atom. The molecule has 17 heavy (non-hydrogen) atoms. The molecule has 2 fully saturated rings. The summed E-state index contributed by atoms with van der Waals surface area (Å²) in [5.41, 5.74) is 11.5. The van der Waals surface area contributed by atoms with Crippen LogP contribution in [0.3, 0.4) is 0 Å². The monoisotopic (exact) mass is 239 g/mol. The predicted molar refractivity (Wildman–Crippen MR) is 68.5 cm³/mol. The number of nitrogens with two attached hydrogens (primary N) is 2. The van der Waals surface area contributed by atoms with E-state index < -0.39 is 0 Å². The highest BCUT2D eigenvalue weighted by molar-refractivity contribution is 5.72. The number of urea groups is 1. The minimum Gasteiger partial charge on any atom is -0.351 e. The second kappa shape index (κ2) is 5.71. The van der Waals surface area contributed by atoms with Crippen LogP contribution in [0.4, 0.5) is 4.79 Å². The largest absolute Gasteiger partial charge is 0.351 e. The highest BCUT2D eigenvalue weighted by atomic mass is 16.2. The van der Waals surface area contributed by atoms with Gasteiger partial charge in [-0.25, -0.2) is 4.79 Å². The van der Waals surface area contributed by atoms with Gasteiger partial charge in [-0.05, 0) is 38.5 Å². The lowest BCUT2D eigenvalue weighted by Gasteiger charge is -2.41. The summed E-state index contributed by atoms with van der Waals surface area (Å²) in [5.74, 6) is 0. The average molecular weight is 239 g/mol. The summed E-state index contributed by atoms with van der Waals surface area (Å²) in [6.07, 6.45) is 10.2. The molecule has 0 heterocycles. The number of primary amides is 1. The van der Waals surface area contributed by atoms with E-state index in [-0.39, 0.29) is 6.03 Å². The van der Waals surface area contributed by atoms with Gasteiger partial charge in [0.15, 0.2) is 0 Å². The van der Waals surface area contributed by atoms with E-state index >= 15 is 0 Å². The summed E-state index contributed by atoms with van der Waals surface area (Å²) in [6.45, 7) is 0. The van der Waals surface area contributed by atoms with Crippen LogP contribution in [-0.4, -0.2) is 29.1 Å². The van der Waals surface area contributed by atoms with Gasteiger partial charge in [0, 0.05) is 18.1 Å². The first-order valence-electron chi connectivity index (χ1n) is 7.02. The van der Waals surface area contributed by atoms with Gasteiger partial charge in [0.05, 0.1) is 0 Å². The molecule has 0 spiro atoms. The smallest absolute Gasteiger partial charge is 0.315 e. The maximum absolute atomic E-state index is 11.7. The van der Waals surface area contributed by atoms with Crippen LogP contribution in [0.15, 0.2) is 0 Å². The molecule has 0 atom stereocenters. The molecule has 4 nitrogen and oxygen atoms in total. The van der Waals surface area contributed by atoms with Crippen molar-refractivity contribution < 1.29 is 4.79 Å². The fourth-order valence-electron chi connectivity index (χ4n) is 3.40. The highest BCUT2D eigenvalue weighted by Gasteiger charge is 2.32. The fourth-order valence-corrected chi connectivity index (χ4v) is 3.40. The average Bonchev–Trinajstić information content (AvgIpc) is 2.33. The zero-order valence-electron chi connectivity index (χ0n) is 10.6. The number of carbonyl (C=O) groups excluding carboxylic acids is 1. The summed E-state index contributed by atoms with van der Waals surface area (Å²) >= 11 is 0. The van der Waals surface area contributed by atoms with E-state index in [0.717, 1.165) is 38.5 Å². The van der Waals surface area contributed by atoms with Crippen LogP contribution in [-0.2, 0) is 0 Å². The molecule has 0 aromatic carbocycles. The fraction of sp³-hybridized carbons (Fsp3) is 0.923. The summed E-state index contributed by atoms with van der Waals surface area (Å²) in [4.78, 5) is 13.7. The standard InChI is InChI=1S/C13H25N3O/c14-10-6-8-12(9-7-10)16(13(15)17)11-4-2-1-3-5-11/h10-12H,1-9,14H2,(H2,15,17). The lowest BCUT2D eigenvalue weighted by atomic mass is 9.87. The minimum atomic E-state index is -0.225. The van der Waals surface area contributed by atoms with E-state index in [1.54, 1.807) is 0 Å². The summed E-state index contributed by atoms with van der Waals surface area (Å²) < 4.78 is 0. The van der Waals surface area contributed by atoms with Gasteiger partial charge in [0.25, 0.3) is 0 Å². The Balaban J connectivity index is 1.98. The quantitative estimate of drug-likeness (QED) is 0.773. The van der Waals surface area contributed by atoms with Crippen LogP contribution in [0, 0.1) is 0 Å². The molecule has 2 rings (SSSR count). The van der Waals surface area contributed by atoms with Crippen molar-refractivity contribution in [3.8, 4) is 0 Å². The second-order valence-corrected chi connectivity index (χ2v) is 5.61. The Bertz CT molecular complexity index is 255.